The highest BCUT2D eigenvalue weighted by molar-refractivity contribution is 5.79. The van der Waals surface area contributed by atoms with Gasteiger partial charge < -0.3 is 10.2 Å². The van der Waals surface area contributed by atoms with E-state index in [4.69, 9.17) is 0 Å². The molecule has 0 aliphatic rings. The first-order valence-corrected chi connectivity index (χ1v) is 8.62. The molecule has 1 heterocycles. The lowest BCUT2D eigenvalue weighted by Gasteiger charge is -2.22. The second-order valence-electron chi connectivity index (χ2n) is 6.04. The summed E-state index contributed by atoms with van der Waals surface area (Å²) in [7, 11) is 3.95. The Balaban J connectivity index is 2.22. The largest absolute Gasteiger partial charge is 0.356 e. The first-order valence-electron chi connectivity index (χ1n) is 8.62. The van der Waals surface area contributed by atoms with Crippen molar-refractivity contribution in [2.75, 3.05) is 27.2 Å². The van der Waals surface area contributed by atoms with Crippen LogP contribution in [0.4, 0.5) is 0 Å². The van der Waals surface area contributed by atoms with Crippen molar-refractivity contribution in [1.29, 1.82) is 0 Å². The van der Waals surface area contributed by atoms with Crippen LogP contribution in [0.25, 0.3) is 0 Å². The van der Waals surface area contributed by atoms with E-state index in [1.165, 1.54) is 25.0 Å². The third kappa shape index (κ3) is 7.35. The van der Waals surface area contributed by atoms with Crippen molar-refractivity contribution in [3.05, 3.63) is 30.1 Å². The SMILES string of the molecule is C=CCCCCCN(C)C(=NC)NCCCn1nc(C)cc1C. The van der Waals surface area contributed by atoms with Crippen molar-refractivity contribution in [2.45, 2.75) is 52.5 Å². The molecule has 23 heavy (non-hydrogen) atoms. The minimum atomic E-state index is 0.909. The zero-order chi connectivity index (χ0) is 17.1. The highest BCUT2D eigenvalue weighted by Crippen LogP contribution is 2.03. The quantitative estimate of drug-likeness (QED) is 0.312. The fourth-order valence-electron chi connectivity index (χ4n) is 2.64. The minimum absolute atomic E-state index is 0.909. The molecule has 0 fully saturated rings. The van der Waals surface area contributed by atoms with Gasteiger partial charge in [-0.1, -0.05) is 12.5 Å². The fraction of sp³-hybridized carbons (Fsp3) is 0.667. The molecule has 1 aromatic heterocycles. The molecule has 130 valence electrons. The second kappa shape index (κ2) is 10.9. The maximum absolute atomic E-state index is 4.49. The Morgan fingerprint density at radius 1 is 1.35 bits per heavy atom. The number of nitrogens with one attached hydrogen (secondary N) is 1. The molecular weight excluding hydrogens is 286 g/mol. The van der Waals surface area contributed by atoms with Crippen LogP contribution in [-0.4, -0.2) is 47.8 Å². The summed E-state index contributed by atoms with van der Waals surface area (Å²) in [6.07, 6.45) is 7.80. The average molecular weight is 319 g/mol. The number of hydrogen-bond acceptors (Lipinski definition) is 2. The van der Waals surface area contributed by atoms with Gasteiger partial charge in [0.2, 0.25) is 0 Å². The summed E-state index contributed by atoms with van der Waals surface area (Å²) in [5.41, 5.74) is 2.31. The zero-order valence-corrected chi connectivity index (χ0v) is 15.3. The van der Waals surface area contributed by atoms with E-state index in [0.29, 0.717) is 0 Å². The number of nitrogens with zero attached hydrogens (tertiary/aromatic N) is 4. The van der Waals surface area contributed by atoms with Gasteiger partial charge in [-0.05, 0) is 45.6 Å². The van der Waals surface area contributed by atoms with Gasteiger partial charge in [-0.25, -0.2) is 0 Å². The standard InChI is InChI=1S/C18H33N5/c1-6-7-8-9-10-13-22(5)18(19-4)20-12-11-14-23-17(3)15-16(2)21-23/h6,15H,1,7-14H2,2-5H3,(H,19,20). The molecule has 1 N–H and O–H groups in total. The predicted octanol–water partition coefficient (Wildman–Crippen LogP) is 3.14. The molecular formula is C18H33N5. The van der Waals surface area contributed by atoms with E-state index in [0.717, 1.165) is 44.1 Å². The van der Waals surface area contributed by atoms with Gasteiger partial charge in [0.15, 0.2) is 5.96 Å². The highest BCUT2D eigenvalue weighted by atomic mass is 15.3. The van der Waals surface area contributed by atoms with E-state index in [2.05, 4.69) is 51.6 Å². The third-order valence-corrected chi connectivity index (χ3v) is 3.91. The monoisotopic (exact) mass is 319 g/mol. The molecule has 0 aliphatic carbocycles. The van der Waals surface area contributed by atoms with Crippen LogP contribution in [0.2, 0.25) is 0 Å². The van der Waals surface area contributed by atoms with E-state index in [1.54, 1.807) is 0 Å². The summed E-state index contributed by atoms with van der Waals surface area (Å²) < 4.78 is 2.07. The second-order valence-corrected chi connectivity index (χ2v) is 6.04. The lowest BCUT2D eigenvalue weighted by molar-refractivity contribution is 0.451. The molecule has 5 heteroatoms. The molecule has 0 aliphatic heterocycles. The Kier molecular flexibility index (Phi) is 9.10. The van der Waals surface area contributed by atoms with E-state index in [1.807, 2.05) is 20.0 Å². The molecule has 0 unspecified atom stereocenters. The van der Waals surface area contributed by atoms with Crippen molar-refractivity contribution in [2.24, 2.45) is 4.99 Å². The van der Waals surface area contributed by atoms with Crippen molar-refractivity contribution in [3.63, 3.8) is 0 Å². The molecule has 5 nitrogen and oxygen atoms in total. The Morgan fingerprint density at radius 2 is 2.13 bits per heavy atom. The summed E-state index contributed by atoms with van der Waals surface area (Å²) in [6.45, 7) is 10.8. The maximum Gasteiger partial charge on any atom is 0.193 e. The van der Waals surface area contributed by atoms with Gasteiger partial charge in [-0.15, -0.1) is 6.58 Å². The van der Waals surface area contributed by atoms with Gasteiger partial charge in [0.25, 0.3) is 0 Å². The Morgan fingerprint density at radius 3 is 2.74 bits per heavy atom. The van der Waals surface area contributed by atoms with Gasteiger partial charge in [-0.3, -0.25) is 9.67 Å². The molecule has 0 aromatic carbocycles. The first kappa shape index (κ1) is 19.3. The van der Waals surface area contributed by atoms with Crippen LogP contribution in [-0.2, 0) is 6.54 Å². The maximum atomic E-state index is 4.49. The number of aromatic nitrogens is 2. The van der Waals surface area contributed by atoms with Crippen molar-refractivity contribution in [3.8, 4) is 0 Å². The summed E-state index contributed by atoms with van der Waals surface area (Å²) >= 11 is 0. The molecule has 0 atom stereocenters. The van der Waals surface area contributed by atoms with Gasteiger partial charge in [0.05, 0.1) is 5.69 Å². The van der Waals surface area contributed by atoms with Crippen LogP contribution in [0.1, 0.15) is 43.5 Å². The van der Waals surface area contributed by atoms with Gasteiger partial charge in [0.1, 0.15) is 0 Å². The summed E-state index contributed by atoms with van der Waals surface area (Å²) in [4.78, 5) is 6.57. The third-order valence-electron chi connectivity index (χ3n) is 3.91. The number of unbranched alkanes of at least 4 members (excludes halogenated alkanes) is 3. The molecule has 1 rings (SSSR count). The molecule has 0 amide bonds. The van der Waals surface area contributed by atoms with E-state index < -0.39 is 0 Å². The number of allylic oxidation sites excluding steroid dienone is 1. The number of rotatable bonds is 10. The summed E-state index contributed by atoms with van der Waals surface area (Å²) in [6, 6.07) is 2.12. The topological polar surface area (TPSA) is 45.5 Å². The zero-order valence-electron chi connectivity index (χ0n) is 15.3. The van der Waals surface area contributed by atoms with Crippen LogP contribution < -0.4 is 5.32 Å². The van der Waals surface area contributed by atoms with E-state index >= 15 is 0 Å². The van der Waals surface area contributed by atoms with Gasteiger partial charge in [-0.2, -0.15) is 5.10 Å². The van der Waals surface area contributed by atoms with Crippen LogP contribution in [0, 0.1) is 13.8 Å². The van der Waals surface area contributed by atoms with Crippen molar-refractivity contribution >= 4 is 5.96 Å². The number of hydrogen-bond donors (Lipinski definition) is 1. The predicted molar refractivity (Wildman–Crippen MR) is 99.0 cm³/mol. The van der Waals surface area contributed by atoms with Crippen LogP contribution >= 0.6 is 0 Å². The lowest BCUT2D eigenvalue weighted by atomic mass is 10.2. The molecule has 0 saturated carbocycles. The van der Waals surface area contributed by atoms with Crippen LogP contribution in [0.3, 0.4) is 0 Å². The lowest BCUT2D eigenvalue weighted by Crippen LogP contribution is -2.40. The van der Waals surface area contributed by atoms with Gasteiger partial charge in [0, 0.05) is 39.4 Å². The van der Waals surface area contributed by atoms with E-state index in [-0.39, 0.29) is 0 Å². The molecule has 0 spiro atoms. The van der Waals surface area contributed by atoms with Gasteiger partial charge >= 0.3 is 0 Å². The Hall–Kier alpha value is -1.78. The minimum Gasteiger partial charge on any atom is -0.356 e. The van der Waals surface area contributed by atoms with Crippen LogP contribution in [0.15, 0.2) is 23.7 Å². The first-order chi connectivity index (χ1) is 11.1. The van der Waals surface area contributed by atoms with E-state index in [9.17, 15) is 0 Å². The number of aryl methyl sites for hydroxylation is 3. The number of guanidine groups is 1. The molecule has 1 aromatic rings. The number of aliphatic imine (C=N–C) groups is 1. The van der Waals surface area contributed by atoms with Crippen LogP contribution in [0.5, 0.6) is 0 Å². The summed E-state index contributed by atoms with van der Waals surface area (Å²) in [5, 5.41) is 7.92. The average Bonchev–Trinajstić information content (AvgIpc) is 2.84. The smallest absolute Gasteiger partial charge is 0.193 e. The molecule has 0 bridgehead atoms. The Labute approximate surface area is 141 Å². The van der Waals surface area contributed by atoms with Crippen molar-refractivity contribution < 1.29 is 0 Å². The molecule has 0 radical (unpaired) electrons. The van der Waals surface area contributed by atoms with Crippen molar-refractivity contribution in [1.82, 2.24) is 20.0 Å². The molecule has 0 saturated heterocycles. The summed E-state index contributed by atoms with van der Waals surface area (Å²) in [5.74, 6) is 0.974. The highest BCUT2D eigenvalue weighted by Gasteiger charge is 2.05. The fourth-order valence-corrected chi connectivity index (χ4v) is 2.64. The normalized spacial score (nSPS) is 11.6. The Bertz CT molecular complexity index is 490.